The molecule has 0 saturated heterocycles. The lowest BCUT2D eigenvalue weighted by atomic mass is 10.2. The summed E-state index contributed by atoms with van der Waals surface area (Å²) in [6.07, 6.45) is 2.58. The zero-order valence-corrected chi connectivity index (χ0v) is 12.8. The highest BCUT2D eigenvalue weighted by Crippen LogP contribution is 2.17. The van der Waals surface area contributed by atoms with E-state index in [1.165, 1.54) is 0 Å². The van der Waals surface area contributed by atoms with E-state index in [-0.39, 0.29) is 18.7 Å². The zero-order valence-electron chi connectivity index (χ0n) is 12.0. The van der Waals surface area contributed by atoms with Crippen molar-refractivity contribution in [3.8, 4) is 5.75 Å². The molecule has 6 heteroatoms. The van der Waals surface area contributed by atoms with E-state index < -0.39 is 0 Å². The van der Waals surface area contributed by atoms with Gasteiger partial charge >= 0.3 is 0 Å². The van der Waals surface area contributed by atoms with Crippen molar-refractivity contribution in [3.63, 3.8) is 0 Å². The molecular formula is C15H18ClN3O2. The summed E-state index contributed by atoms with van der Waals surface area (Å²) in [5.41, 5.74) is 0.380. The highest BCUT2D eigenvalue weighted by atomic mass is 35.5. The highest BCUT2D eigenvalue weighted by Gasteiger charge is 2.11. The predicted molar refractivity (Wildman–Crippen MR) is 81.5 cm³/mol. The summed E-state index contributed by atoms with van der Waals surface area (Å²) in [6.45, 7) is 4.19. The summed E-state index contributed by atoms with van der Waals surface area (Å²) >= 11 is 5.88. The molecule has 1 unspecified atom stereocenters. The quantitative estimate of drug-likeness (QED) is 0.892. The van der Waals surface area contributed by atoms with Gasteiger partial charge in [0.15, 0.2) is 6.73 Å². The minimum Gasteiger partial charge on any atom is -0.471 e. The number of halogens is 1. The second kappa shape index (κ2) is 7.13. The monoisotopic (exact) mass is 307 g/mol. The Hall–Kier alpha value is -2.01. The van der Waals surface area contributed by atoms with Crippen LogP contribution in [-0.4, -0.2) is 21.7 Å². The average molecular weight is 308 g/mol. The summed E-state index contributed by atoms with van der Waals surface area (Å²) in [7, 11) is 0. The van der Waals surface area contributed by atoms with Gasteiger partial charge in [-0.3, -0.25) is 4.79 Å². The minimum atomic E-state index is -0.175. The Morgan fingerprint density at radius 1 is 1.48 bits per heavy atom. The van der Waals surface area contributed by atoms with Gasteiger partial charge in [-0.05, 0) is 37.6 Å². The van der Waals surface area contributed by atoms with Crippen molar-refractivity contribution in [2.75, 3.05) is 0 Å². The number of nitrogens with one attached hydrogen (secondary N) is 1. The molecule has 0 aliphatic rings. The van der Waals surface area contributed by atoms with Gasteiger partial charge in [0.25, 0.3) is 5.91 Å². The van der Waals surface area contributed by atoms with Crippen LogP contribution in [0, 0.1) is 0 Å². The fourth-order valence-corrected chi connectivity index (χ4v) is 1.83. The average Bonchev–Trinajstić information content (AvgIpc) is 2.94. The van der Waals surface area contributed by atoms with Gasteiger partial charge in [-0.1, -0.05) is 24.6 Å². The number of benzene rings is 1. The number of amides is 1. The number of rotatable bonds is 6. The predicted octanol–water partition coefficient (Wildman–Crippen LogP) is 3.10. The van der Waals surface area contributed by atoms with Crippen LogP contribution in [0.15, 0.2) is 36.5 Å². The Balaban J connectivity index is 1.92. The molecule has 1 heterocycles. The Kier molecular flexibility index (Phi) is 5.22. The normalized spacial score (nSPS) is 12.0. The maximum absolute atomic E-state index is 11.9. The van der Waals surface area contributed by atoms with Crippen molar-refractivity contribution in [1.29, 1.82) is 0 Å². The van der Waals surface area contributed by atoms with E-state index in [0.29, 0.717) is 16.5 Å². The first kappa shape index (κ1) is 15.4. The van der Waals surface area contributed by atoms with Crippen molar-refractivity contribution in [2.24, 2.45) is 0 Å². The van der Waals surface area contributed by atoms with Gasteiger partial charge in [0.05, 0.1) is 0 Å². The number of hydrogen-bond acceptors (Lipinski definition) is 3. The Morgan fingerprint density at radius 2 is 2.29 bits per heavy atom. The first-order valence-corrected chi connectivity index (χ1v) is 7.19. The second-order valence-corrected chi connectivity index (χ2v) is 5.19. The van der Waals surface area contributed by atoms with Crippen LogP contribution in [0.3, 0.4) is 0 Å². The molecule has 1 aromatic carbocycles. The number of carbonyl (C=O) groups excluding carboxylic acids is 1. The third-order valence-corrected chi connectivity index (χ3v) is 3.26. The van der Waals surface area contributed by atoms with Crippen molar-refractivity contribution in [2.45, 2.75) is 33.0 Å². The number of hydrogen-bond donors (Lipinski definition) is 1. The molecule has 5 nitrogen and oxygen atoms in total. The van der Waals surface area contributed by atoms with Crippen LogP contribution >= 0.6 is 11.6 Å². The molecule has 0 radical (unpaired) electrons. The van der Waals surface area contributed by atoms with Crippen molar-refractivity contribution in [3.05, 3.63) is 47.2 Å². The van der Waals surface area contributed by atoms with Gasteiger partial charge in [0.2, 0.25) is 0 Å². The van der Waals surface area contributed by atoms with Crippen LogP contribution in [0.5, 0.6) is 5.75 Å². The van der Waals surface area contributed by atoms with E-state index in [9.17, 15) is 4.79 Å². The van der Waals surface area contributed by atoms with E-state index >= 15 is 0 Å². The zero-order chi connectivity index (χ0) is 15.2. The molecule has 0 fully saturated rings. The Labute approximate surface area is 128 Å². The molecule has 2 aromatic rings. The smallest absolute Gasteiger partial charge is 0.271 e. The molecule has 1 aromatic heterocycles. The lowest BCUT2D eigenvalue weighted by Gasteiger charge is -2.09. The summed E-state index contributed by atoms with van der Waals surface area (Å²) in [4.78, 5) is 11.9. The number of ether oxygens (including phenoxy) is 1. The van der Waals surface area contributed by atoms with Gasteiger partial charge in [-0.2, -0.15) is 5.10 Å². The van der Waals surface area contributed by atoms with Crippen LogP contribution in [0.4, 0.5) is 0 Å². The third kappa shape index (κ3) is 4.49. The van der Waals surface area contributed by atoms with Crippen molar-refractivity contribution >= 4 is 17.5 Å². The largest absolute Gasteiger partial charge is 0.471 e. The number of aromatic nitrogens is 2. The Bertz CT molecular complexity index is 612. The lowest BCUT2D eigenvalue weighted by molar-refractivity contribution is 0.0932. The number of carbonyl (C=O) groups is 1. The molecule has 0 spiro atoms. The van der Waals surface area contributed by atoms with E-state index in [1.54, 1.807) is 29.1 Å². The molecule has 1 atom stereocenters. The Morgan fingerprint density at radius 3 is 3.00 bits per heavy atom. The molecule has 0 aliphatic heterocycles. The summed E-state index contributed by atoms with van der Waals surface area (Å²) in [5.74, 6) is 0.481. The molecule has 0 bridgehead atoms. The van der Waals surface area contributed by atoms with Crippen molar-refractivity contribution < 1.29 is 9.53 Å². The van der Waals surface area contributed by atoms with Gasteiger partial charge in [0.1, 0.15) is 11.4 Å². The summed E-state index contributed by atoms with van der Waals surface area (Å²) < 4.78 is 7.11. The number of nitrogens with zero attached hydrogens (tertiary/aromatic N) is 2. The molecule has 2 rings (SSSR count). The molecular weight excluding hydrogens is 290 g/mol. The first-order chi connectivity index (χ1) is 10.1. The standard InChI is InChI=1S/C15H18ClN3O2/c1-3-11(2)17-15(20)14-7-8-19(18-14)10-21-13-6-4-5-12(16)9-13/h4-9,11H,3,10H2,1-2H3,(H,17,20). The first-order valence-electron chi connectivity index (χ1n) is 6.81. The summed E-state index contributed by atoms with van der Waals surface area (Å²) in [5, 5.41) is 7.66. The van der Waals surface area contributed by atoms with Crippen LogP contribution in [-0.2, 0) is 6.73 Å². The summed E-state index contributed by atoms with van der Waals surface area (Å²) in [6, 6.07) is 8.92. The van der Waals surface area contributed by atoms with Crippen LogP contribution < -0.4 is 10.1 Å². The maximum atomic E-state index is 11.9. The lowest BCUT2D eigenvalue weighted by Crippen LogP contribution is -2.32. The highest BCUT2D eigenvalue weighted by molar-refractivity contribution is 6.30. The van der Waals surface area contributed by atoms with Gasteiger partial charge in [-0.15, -0.1) is 0 Å². The molecule has 21 heavy (non-hydrogen) atoms. The van der Waals surface area contributed by atoms with E-state index in [4.69, 9.17) is 16.3 Å². The maximum Gasteiger partial charge on any atom is 0.271 e. The van der Waals surface area contributed by atoms with Crippen LogP contribution in [0.2, 0.25) is 5.02 Å². The minimum absolute atomic E-state index is 0.130. The molecule has 1 amide bonds. The van der Waals surface area contributed by atoms with Gasteiger partial charge < -0.3 is 10.1 Å². The van der Waals surface area contributed by atoms with Crippen LogP contribution in [0.1, 0.15) is 30.8 Å². The van der Waals surface area contributed by atoms with Crippen molar-refractivity contribution in [1.82, 2.24) is 15.1 Å². The van der Waals surface area contributed by atoms with Crippen LogP contribution in [0.25, 0.3) is 0 Å². The van der Waals surface area contributed by atoms with Gasteiger partial charge in [-0.25, -0.2) is 4.68 Å². The van der Waals surface area contributed by atoms with E-state index in [1.807, 2.05) is 26.0 Å². The third-order valence-electron chi connectivity index (χ3n) is 3.02. The fraction of sp³-hybridized carbons (Fsp3) is 0.333. The molecule has 0 aliphatic carbocycles. The SMILES string of the molecule is CCC(C)NC(=O)c1ccn(COc2cccc(Cl)c2)n1. The fourth-order valence-electron chi connectivity index (χ4n) is 1.65. The topological polar surface area (TPSA) is 56.2 Å². The van der Waals surface area contributed by atoms with E-state index in [2.05, 4.69) is 10.4 Å². The second-order valence-electron chi connectivity index (χ2n) is 4.75. The van der Waals surface area contributed by atoms with E-state index in [0.717, 1.165) is 6.42 Å². The van der Waals surface area contributed by atoms with Gasteiger partial charge in [0, 0.05) is 17.3 Å². The molecule has 112 valence electrons. The molecule has 1 N–H and O–H groups in total. The molecule has 0 saturated carbocycles.